The zero-order valence-electron chi connectivity index (χ0n) is 16.4. The summed E-state index contributed by atoms with van der Waals surface area (Å²) in [4.78, 5) is 40.1. The number of amides is 3. The van der Waals surface area contributed by atoms with Crippen LogP contribution in [-0.4, -0.2) is 35.3 Å². The number of anilines is 1. The summed E-state index contributed by atoms with van der Waals surface area (Å²) in [7, 11) is 0. The molecule has 1 fully saturated rings. The molecule has 7 nitrogen and oxygen atoms in total. The van der Waals surface area contributed by atoms with Crippen LogP contribution in [0.1, 0.15) is 68.5 Å². The Morgan fingerprint density at radius 2 is 1.86 bits per heavy atom. The molecule has 0 spiro atoms. The van der Waals surface area contributed by atoms with E-state index in [1.165, 1.54) is 0 Å². The molecule has 0 aliphatic heterocycles. The second kappa shape index (κ2) is 8.29. The number of aromatic nitrogens is 1. The Labute approximate surface area is 164 Å². The van der Waals surface area contributed by atoms with Crippen LogP contribution in [0.25, 0.3) is 0 Å². The van der Waals surface area contributed by atoms with Gasteiger partial charge in [0.05, 0.1) is 5.56 Å². The zero-order chi connectivity index (χ0) is 20.3. The van der Waals surface area contributed by atoms with Gasteiger partial charge in [0.15, 0.2) is 0 Å². The second-order valence-electron chi connectivity index (χ2n) is 7.19. The summed E-state index contributed by atoms with van der Waals surface area (Å²) in [5.41, 5.74) is 3.30. The van der Waals surface area contributed by atoms with Crippen LogP contribution in [0.5, 0.6) is 0 Å². The average molecular weight is 382 g/mol. The van der Waals surface area contributed by atoms with Crippen LogP contribution >= 0.6 is 0 Å². The number of H-pyrrole nitrogens is 1. The van der Waals surface area contributed by atoms with Gasteiger partial charge in [0.2, 0.25) is 0 Å². The van der Waals surface area contributed by atoms with Crippen LogP contribution in [0.4, 0.5) is 5.69 Å². The molecule has 1 aromatic carbocycles. The van der Waals surface area contributed by atoms with E-state index in [2.05, 4.69) is 20.9 Å². The lowest BCUT2D eigenvalue weighted by Gasteiger charge is -2.11. The molecule has 1 aromatic heterocycles. The summed E-state index contributed by atoms with van der Waals surface area (Å²) in [6.07, 6.45) is 4.41. The van der Waals surface area contributed by atoms with Gasteiger partial charge in [-0.05, 0) is 56.4 Å². The lowest BCUT2D eigenvalue weighted by atomic mass is 10.1. The van der Waals surface area contributed by atoms with Gasteiger partial charge in [-0.1, -0.05) is 13.0 Å². The summed E-state index contributed by atoms with van der Waals surface area (Å²) in [5.74, 6) is -0.691. The molecule has 1 heterocycles. The van der Waals surface area contributed by atoms with Gasteiger partial charge in [-0.15, -0.1) is 0 Å². The molecular weight excluding hydrogens is 356 g/mol. The van der Waals surface area contributed by atoms with Crippen molar-refractivity contribution in [3.63, 3.8) is 0 Å². The lowest BCUT2D eigenvalue weighted by molar-refractivity contribution is 0.0943. The second-order valence-corrected chi connectivity index (χ2v) is 7.19. The van der Waals surface area contributed by atoms with Crippen molar-refractivity contribution in [3.8, 4) is 0 Å². The Kier molecular flexibility index (Phi) is 5.82. The Bertz CT molecular complexity index is 912. The van der Waals surface area contributed by atoms with Gasteiger partial charge in [-0.2, -0.15) is 0 Å². The minimum atomic E-state index is -0.352. The third-order valence-electron chi connectivity index (χ3n) is 4.81. The number of aryl methyl sites for hydroxylation is 1. The monoisotopic (exact) mass is 382 g/mol. The van der Waals surface area contributed by atoms with Gasteiger partial charge in [0, 0.05) is 30.0 Å². The number of carbonyl (C=O) groups excluding carboxylic acids is 3. The van der Waals surface area contributed by atoms with E-state index >= 15 is 0 Å². The Hall–Kier alpha value is -3.09. The average Bonchev–Trinajstić information content (AvgIpc) is 3.40. The molecule has 0 atom stereocenters. The summed E-state index contributed by atoms with van der Waals surface area (Å²) in [5, 5.41) is 8.59. The van der Waals surface area contributed by atoms with Crippen LogP contribution in [0, 0.1) is 13.8 Å². The molecular formula is C21H26N4O3. The quantitative estimate of drug-likeness (QED) is 0.592. The number of benzene rings is 1. The predicted molar refractivity (Wildman–Crippen MR) is 108 cm³/mol. The molecule has 0 bridgehead atoms. The molecule has 2 aromatic rings. The number of nitrogens with one attached hydrogen (secondary N) is 4. The third-order valence-corrected chi connectivity index (χ3v) is 4.81. The number of rotatable bonds is 7. The van der Waals surface area contributed by atoms with Crippen LogP contribution in [0.2, 0.25) is 0 Å². The van der Waals surface area contributed by atoms with Gasteiger partial charge >= 0.3 is 0 Å². The molecule has 148 valence electrons. The maximum Gasteiger partial charge on any atom is 0.272 e. The fourth-order valence-electron chi connectivity index (χ4n) is 2.88. The summed E-state index contributed by atoms with van der Waals surface area (Å²) < 4.78 is 0. The van der Waals surface area contributed by atoms with E-state index in [4.69, 9.17) is 0 Å². The number of aromatic amines is 1. The van der Waals surface area contributed by atoms with E-state index in [1.54, 1.807) is 25.3 Å². The highest BCUT2D eigenvalue weighted by Crippen LogP contribution is 2.22. The van der Waals surface area contributed by atoms with E-state index in [-0.39, 0.29) is 23.8 Å². The van der Waals surface area contributed by atoms with E-state index in [0.717, 1.165) is 24.8 Å². The highest BCUT2D eigenvalue weighted by atomic mass is 16.2. The van der Waals surface area contributed by atoms with Gasteiger partial charge < -0.3 is 20.9 Å². The zero-order valence-corrected chi connectivity index (χ0v) is 16.4. The molecule has 1 saturated carbocycles. The molecule has 4 N–H and O–H groups in total. The number of carbonyl (C=O) groups is 3. The van der Waals surface area contributed by atoms with E-state index in [1.807, 2.05) is 19.9 Å². The largest absolute Gasteiger partial charge is 0.356 e. The fraction of sp³-hybridized carbons (Fsp3) is 0.381. The highest BCUT2D eigenvalue weighted by Gasteiger charge is 2.24. The van der Waals surface area contributed by atoms with Crippen LogP contribution in [0.3, 0.4) is 0 Å². The normalized spacial score (nSPS) is 13.1. The summed E-state index contributed by atoms with van der Waals surface area (Å²) in [6, 6.07) is 5.50. The topological polar surface area (TPSA) is 103 Å². The first kappa shape index (κ1) is 19.7. The molecule has 1 aliphatic carbocycles. The maximum absolute atomic E-state index is 12.7. The summed E-state index contributed by atoms with van der Waals surface area (Å²) >= 11 is 0. The van der Waals surface area contributed by atoms with Crippen molar-refractivity contribution in [1.29, 1.82) is 0 Å². The fourth-order valence-corrected chi connectivity index (χ4v) is 2.88. The Morgan fingerprint density at radius 3 is 2.54 bits per heavy atom. The molecule has 0 unspecified atom stereocenters. The lowest BCUT2D eigenvalue weighted by Crippen LogP contribution is -2.25. The van der Waals surface area contributed by atoms with Crippen molar-refractivity contribution < 1.29 is 14.4 Å². The van der Waals surface area contributed by atoms with Crippen molar-refractivity contribution in [2.75, 3.05) is 11.9 Å². The predicted octanol–water partition coefficient (Wildman–Crippen LogP) is 2.92. The van der Waals surface area contributed by atoms with E-state index < -0.39 is 0 Å². The van der Waals surface area contributed by atoms with Crippen LogP contribution in [0.15, 0.2) is 24.4 Å². The third kappa shape index (κ3) is 4.42. The Morgan fingerprint density at radius 1 is 1.11 bits per heavy atom. The summed E-state index contributed by atoms with van der Waals surface area (Å²) in [6.45, 7) is 6.16. The smallest absolute Gasteiger partial charge is 0.272 e. The van der Waals surface area contributed by atoms with Gasteiger partial charge in [-0.3, -0.25) is 14.4 Å². The van der Waals surface area contributed by atoms with Crippen LogP contribution in [-0.2, 0) is 0 Å². The van der Waals surface area contributed by atoms with Crippen molar-refractivity contribution in [2.24, 2.45) is 0 Å². The van der Waals surface area contributed by atoms with Crippen molar-refractivity contribution >= 4 is 23.4 Å². The minimum Gasteiger partial charge on any atom is -0.356 e. The number of hydrogen-bond acceptors (Lipinski definition) is 3. The van der Waals surface area contributed by atoms with Gasteiger partial charge in [0.25, 0.3) is 17.7 Å². The first-order valence-corrected chi connectivity index (χ1v) is 9.59. The minimum absolute atomic E-state index is 0.135. The standard InChI is InChI=1S/C21H26N4O3/c1-4-9-22-20(27)16-11-23-18(13(16)3)21(28)25-17-10-14(6-5-12(17)2)19(26)24-15-7-8-15/h5-6,10-11,15,23H,4,7-9H2,1-3H3,(H,22,27)(H,24,26)(H,25,28). The van der Waals surface area contributed by atoms with E-state index in [0.29, 0.717) is 34.6 Å². The van der Waals surface area contributed by atoms with Crippen molar-refractivity contribution in [1.82, 2.24) is 15.6 Å². The van der Waals surface area contributed by atoms with Crippen LogP contribution < -0.4 is 16.0 Å². The molecule has 3 rings (SSSR count). The molecule has 3 amide bonds. The Balaban J connectivity index is 1.75. The maximum atomic E-state index is 12.7. The first-order valence-electron chi connectivity index (χ1n) is 9.59. The number of hydrogen-bond donors (Lipinski definition) is 4. The molecule has 1 aliphatic rings. The molecule has 28 heavy (non-hydrogen) atoms. The van der Waals surface area contributed by atoms with Gasteiger partial charge in [-0.25, -0.2) is 0 Å². The molecule has 0 saturated heterocycles. The first-order chi connectivity index (χ1) is 13.4. The molecule has 0 radical (unpaired) electrons. The van der Waals surface area contributed by atoms with Crippen molar-refractivity contribution in [3.05, 3.63) is 52.3 Å². The van der Waals surface area contributed by atoms with E-state index in [9.17, 15) is 14.4 Å². The SMILES string of the molecule is CCCNC(=O)c1c[nH]c(C(=O)Nc2cc(C(=O)NC3CC3)ccc2C)c1C. The van der Waals surface area contributed by atoms with Gasteiger partial charge in [0.1, 0.15) is 5.69 Å². The van der Waals surface area contributed by atoms with Crippen molar-refractivity contribution in [2.45, 2.75) is 46.1 Å². The highest BCUT2D eigenvalue weighted by molar-refractivity contribution is 6.08. The molecule has 7 heteroatoms.